The first-order chi connectivity index (χ1) is 9.22. The molecule has 1 atom stereocenters. The Hall–Kier alpha value is -0.820. The Morgan fingerprint density at radius 2 is 2.00 bits per heavy atom. The number of carboxylic acid groups (broad SMARTS) is 1. The molecule has 20 heavy (non-hydrogen) atoms. The zero-order valence-corrected chi connectivity index (χ0v) is 12.9. The van der Waals surface area contributed by atoms with Crippen LogP contribution in [0.1, 0.15) is 30.1 Å². The van der Waals surface area contributed by atoms with E-state index in [1.165, 1.54) is 0 Å². The zero-order valence-electron chi connectivity index (χ0n) is 10.6. The highest BCUT2D eigenvalue weighted by molar-refractivity contribution is 7.89. The van der Waals surface area contributed by atoms with Crippen LogP contribution in [-0.2, 0) is 10.0 Å². The summed E-state index contributed by atoms with van der Waals surface area (Å²) in [6.07, 6.45) is 1.96. The van der Waals surface area contributed by atoms with Crippen LogP contribution in [0.3, 0.4) is 0 Å². The second-order valence-corrected chi connectivity index (χ2v) is 7.31. The average Bonchev–Trinajstić information content (AvgIpc) is 3.14. The SMILES string of the molecule is CC(NS(=O)(=O)c1cc(Cl)cc(C(=O)O)c1Cl)C1CC1. The van der Waals surface area contributed by atoms with Crippen molar-refractivity contribution in [1.82, 2.24) is 4.72 Å². The molecule has 0 saturated heterocycles. The maximum absolute atomic E-state index is 12.3. The Bertz CT molecular complexity index is 656. The summed E-state index contributed by atoms with van der Waals surface area (Å²) in [5.74, 6) is -1.01. The quantitative estimate of drug-likeness (QED) is 0.865. The third kappa shape index (κ3) is 3.25. The summed E-state index contributed by atoms with van der Waals surface area (Å²) >= 11 is 11.6. The van der Waals surface area contributed by atoms with Crippen LogP contribution >= 0.6 is 23.2 Å². The van der Waals surface area contributed by atoms with Crippen LogP contribution in [-0.4, -0.2) is 25.5 Å². The van der Waals surface area contributed by atoms with E-state index in [1.807, 2.05) is 0 Å². The van der Waals surface area contributed by atoms with Gasteiger partial charge in [0.05, 0.1) is 10.6 Å². The number of carboxylic acids is 1. The number of sulfonamides is 1. The molecule has 8 heteroatoms. The molecule has 0 aliphatic heterocycles. The van der Waals surface area contributed by atoms with E-state index < -0.39 is 16.0 Å². The summed E-state index contributed by atoms with van der Waals surface area (Å²) < 4.78 is 27.1. The molecule has 1 aromatic rings. The summed E-state index contributed by atoms with van der Waals surface area (Å²) in [5.41, 5.74) is -0.335. The van der Waals surface area contributed by atoms with E-state index >= 15 is 0 Å². The first-order valence-electron chi connectivity index (χ1n) is 5.97. The average molecular weight is 338 g/mol. The smallest absolute Gasteiger partial charge is 0.337 e. The molecule has 1 aromatic carbocycles. The lowest BCUT2D eigenvalue weighted by atomic mass is 10.2. The molecule has 0 aromatic heterocycles. The van der Waals surface area contributed by atoms with Gasteiger partial charge >= 0.3 is 5.97 Å². The Morgan fingerprint density at radius 3 is 2.50 bits per heavy atom. The molecule has 0 bridgehead atoms. The molecule has 0 heterocycles. The molecule has 2 N–H and O–H groups in total. The van der Waals surface area contributed by atoms with Gasteiger partial charge in [0, 0.05) is 11.1 Å². The molecule has 110 valence electrons. The minimum atomic E-state index is -3.90. The number of carbonyl (C=O) groups is 1. The maximum Gasteiger partial charge on any atom is 0.337 e. The van der Waals surface area contributed by atoms with Crippen molar-refractivity contribution in [3.8, 4) is 0 Å². The minimum absolute atomic E-state index is 0.00579. The molecule has 1 saturated carbocycles. The van der Waals surface area contributed by atoms with Gasteiger partial charge in [0.1, 0.15) is 4.90 Å². The van der Waals surface area contributed by atoms with Gasteiger partial charge in [-0.15, -0.1) is 0 Å². The van der Waals surface area contributed by atoms with Crippen molar-refractivity contribution in [1.29, 1.82) is 0 Å². The summed E-state index contributed by atoms with van der Waals surface area (Å²) in [7, 11) is -3.90. The Balaban J connectivity index is 2.42. The van der Waals surface area contributed by atoms with Crippen molar-refractivity contribution in [2.75, 3.05) is 0 Å². The van der Waals surface area contributed by atoms with Gasteiger partial charge in [0.2, 0.25) is 10.0 Å². The molecular weight excluding hydrogens is 325 g/mol. The van der Waals surface area contributed by atoms with Gasteiger partial charge in [-0.05, 0) is 37.8 Å². The maximum atomic E-state index is 12.3. The van der Waals surface area contributed by atoms with Crippen LogP contribution in [0.2, 0.25) is 10.0 Å². The number of benzene rings is 1. The molecule has 1 fully saturated rings. The van der Waals surface area contributed by atoms with E-state index in [2.05, 4.69) is 4.72 Å². The molecule has 0 spiro atoms. The number of nitrogens with one attached hydrogen (secondary N) is 1. The molecule has 1 aliphatic carbocycles. The second-order valence-electron chi connectivity index (χ2n) is 4.82. The van der Waals surface area contributed by atoms with Crippen LogP contribution < -0.4 is 4.72 Å². The van der Waals surface area contributed by atoms with Crippen molar-refractivity contribution in [3.63, 3.8) is 0 Å². The van der Waals surface area contributed by atoms with Gasteiger partial charge in [-0.3, -0.25) is 0 Å². The van der Waals surface area contributed by atoms with Crippen molar-refractivity contribution >= 4 is 39.2 Å². The van der Waals surface area contributed by atoms with Gasteiger partial charge in [-0.1, -0.05) is 23.2 Å². The van der Waals surface area contributed by atoms with Crippen LogP contribution in [0.15, 0.2) is 17.0 Å². The van der Waals surface area contributed by atoms with Crippen LogP contribution in [0.5, 0.6) is 0 Å². The summed E-state index contributed by atoms with van der Waals surface area (Å²) in [4.78, 5) is 10.7. The molecule has 1 unspecified atom stereocenters. The fourth-order valence-electron chi connectivity index (χ4n) is 1.92. The van der Waals surface area contributed by atoms with Crippen molar-refractivity contribution in [2.45, 2.75) is 30.7 Å². The number of halogens is 2. The fourth-order valence-corrected chi connectivity index (χ4v) is 4.13. The van der Waals surface area contributed by atoms with E-state index in [1.54, 1.807) is 6.92 Å². The molecule has 2 rings (SSSR count). The highest BCUT2D eigenvalue weighted by Crippen LogP contribution is 2.34. The first-order valence-corrected chi connectivity index (χ1v) is 8.21. The minimum Gasteiger partial charge on any atom is -0.478 e. The van der Waals surface area contributed by atoms with Crippen molar-refractivity contribution in [3.05, 3.63) is 27.7 Å². The van der Waals surface area contributed by atoms with Gasteiger partial charge in [0.15, 0.2) is 0 Å². The van der Waals surface area contributed by atoms with Gasteiger partial charge in [-0.25, -0.2) is 17.9 Å². The summed E-state index contributed by atoms with van der Waals surface area (Å²) in [5, 5.41) is 8.67. The molecule has 1 aliphatic rings. The number of rotatable bonds is 5. The zero-order chi connectivity index (χ0) is 15.1. The highest BCUT2D eigenvalue weighted by atomic mass is 35.5. The Labute approximate surface area is 126 Å². The van der Waals surface area contributed by atoms with Gasteiger partial charge in [0.25, 0.3) is 0 Å². The second kappa shape index (κ2) is 5.52. The summed E-state index contributed by atoms with van der Waals surface area (Å²) in [6.45, 7) is 1.77. The van der Waals surface area contributed by atoms with Crippen LogP contribution in [0, 0.1) is 5.92 Å². The Kier molecular flexibility index (Phi) is 4.30. The largest absolute Gasteiger partial charge is 0.478 e. The molecule has 5 nitrogen and oxygen atoms in total. The lowest BCUT2D eigenvalue weighted by Gasteiger charge is -2.15. The predicted octanol–water partition coefficient (Wildman–Crippen LogP) is 2.77. The van der Waals surface area contributed by atoms with E-state index in [4.69, 9.17) is 28.3 Å². The van der Waals surface area contributed by atoms with Gasteiger partial charge in [-0.2, -0.15) is 0 Å². The van der Waals surface area contributed by atoms with Gasteiger partial charge < -0.3 is 5.11 Å². The van der Waals surface area contributed by atoms with Crippen LogP contribution in [0.25, 0.3) is 0 Å². The van der Waals surface area contributed by atoms with Crippen LogP contribution in [0.4, 0.5) is 0 Å². The van der Waals surface area contributed by atoms with E-state index in [0.29, 0.717) is 5.92 Å². The summed E-state index contributed by atoms with van der Waals surface area (Å²) in [6, 6.07) is 2.05. The lowest BCUT2D eigenvalue weighted by molar-refractivity contribution is 0.0697. The van der Waals surface area contributed by atoms with Crippen molar-refractivity contribution in [2.24, 2.45) is 5.92 Å². The third-order valence-electron chi connectivity index (χ3n) is 3.19. The predicted molar refractivity (Wildman–Crippen MR) is 75.9 cm³/mol. The third-order valence-corrected chi connectivity index (χ3v) is 5.51. The monoisotopic (exact) mass is 337 g/mol. The number of hydrogen-bond donors (Lipinski definition) is 2. The fraction of sp³-hybridized carbons (Fsp3) is 0.417. The highest BCUT2D eigenvalue weighted by Gasteiger charge is 2.32. The topological polar surface area (TPSA) is 83.5 Å². The molecule has 0 radical (unpaired) electrons. The molecular formula is C12H13Cl2NO4S. The van der Waals surface area contributed by atoms with E-state index in [9.17, 15) is 13.2 Å². The lowest BCUT2D eigenvalue weighted by Crippen LogP contribution is -2.34. The van der Waals surface area contributed by atoms with Crippen molar-refractivity contribution < 1.29 is 18.3 Å². The van der Waals surface area contributed by atoms with E-state index in [-0.39, 0.29) is 26.5 Å². The van der Waals surface area contributed by atoms with E-state index in [0.717, 1.165) is 25.0 Å². The standard InChI is InChI=1S/C12H13Cl2NO4S/c1-6(7-2-3-7)15-20(18,19)10-5-8(13)4-9(11(10)14)12(16)17/h4-7,15H,2-3H2,1H3,(H,16,17). The number of hydrogen-bond acceptors (Lipinski definition) is 3. The first kappa shape index (κ1) is 15.6. The molecule has 0 amide bonds. The normalized spacial score (nSPS) is 16.9. The Morgan fingerprint density at radius 1 is 1.40 bits per heavy atom. The number of aromatic carboxylic acids is 1.